The summed E-state index contributed by atoms with van der Waals surface area (Å²) in [7, 11) is 2.04. The number of benzene rings is 1. The third kappa shape index (κ3) is 3.72. The molecular formula is C14H19N3O2S. The molecule has 2 rings (SSSR count). The lowest BCUT2D eigenvalue weighted by Gasteiger charge is -2.11. The molecule has 20 heavy (non-hydrogen) atoms. The van der Waals surface area contributed by atoms with Crippen molar-refractivity contribution in [3.8, 4) is 0 Å². The summed E-state index contributed by atoms with van der Waals surface area (Å²) in [6.45, 7) is 5.46. The monoisotopic (exact) mass is 293 g/mol. The summed E-state index contributed by atoms with van der Waals surface area (Å²) in [6, 6.07) is 6.36. The minimum Gasteiger partial charge on any atom is -0.353 e. The summed E-state index contributed by atoms with van der Waals surface area (Å²) in [6.07, 6.45) is 1.17. The van der Waals surface area contributed by atoms with Crippen molar-refractivity contribution in [2.45, 2.75) is 25.5 Å². The zero-order chi connectivity index (χ0) is 14.7. The predicted octanol–water partition coefficient (Wildman–Crippen LogP) is 3.68. The van der Waals surface area contributed by atoms with Crippen molar-refractivity contribution < 1.29 is 4.92 Å². The zero-order valence-electron chi connectivity index (χ0n) is 11.9. The fraction of sp³-hybridized carbons (Fsp3) is 0.500. The third-order valence-electron chi connectivity index (χ3n) is 3.10. The molecule has 6 heteroatoms. The van der Waals surface area contributed by atoms with Gasteiger partial charge in [0.1, 0.15) is 0 Å². The van der Waals surface area contributed by atoms with Crippen LogP contribution in [0, 0.1) is 16.0 Å². The highest BCUT2D eigenvalue weighted by molar-refractivity contribution is 8.14. The molecule has 1 atom stereocenters. The van der Waals surface area contributed by atoms with E-state index in [-0.39, 0.29) is 5.69 Å². The van der Waals surface area contributed by atoms with Crippen molar-refractivity contribution in [2.24, 2.45) is 10.9 Å². The highest BCUT2D eigenvalue weighted by Gasteiger charge is 2.26. The van der Waals surface area contributed by atoms with Crippen molar-refractivity contribution in [3.63, 3.8) is 0 Å². The molecule has 0 saturated carbocycles. The van der Waals surface area contributed by atoms with E-state index in [9.17, 15) is 10.1 Å². The van der Waals surface area contributed by atoms with E-state index in [4.69, 9.17) is 0 Å². The topological polar surface area (TPSA) is 58.7 Å². The number of nitro groups is 1. The Morgan fingerprint density at radius 3 is 2.65 bits per heavy atom. The Kier molecular flexibility index (Phi) is 4.65. The van der Waals surface area contributed by atoms with Gasteiger partial charge >= 0.3 is 0 Å². The maximum Gasteiger partial charge on any atom is 0.269 e. The number of hydrogen-bond acceptors (Lipinski definition) is 4. The molecule has 0 amide bonds. The van der Waals surface area contributed by atoms with E-state index in [1.54, 1.807) is 23.9 Å². The van der Waals surface area contributed by atoms with Crippen LogP contribution in [0.4, 0.5) is 11.4 Å². The molecule has 1 aromatic rings. The summed E-state index contributed by atoms with van der Waals surface area (Å²) >= 11 is 1.79. The average molecular weight is 293 g/mol. The van der Waals surface area contributed by atoms with Crippen molar-refractivity contribution in [1.29, 1.82) is 0 Å². The van der Waals surface area contributed by atoms with Gasteiger partial charge in [-0.2, -0.15) is 0 Å². The van der Waals surface area contributed by atoms with E-state index in [0.29, 0.717) is 11.2 Å². The number of amidine groups is 1. The Morgan fingerprint density at radius 1 is 1.45 bits per heavy atom. The van der Waals surface area contributed by atoms with E-state index < -0.39 is 4.92 Å². The lowest BCUT2D eigenvalue weighted by molar-refractivity contribution is -0.384. The molecule has 1 heterocycles. The lowest BCUT2D eigenvalue weighted by atomic mass is 10.1. The fourth-order valence-electron chi connectivity index (χ4n) is 2.18. The minimum absolute atomic E-state index is 0.0964. The highest BCUT2D eigenvalue weighted by atomic mass is 32.2. The standard InChI is InChI=1S/C14H19N3O2S/c1-10(2)8-13-9-16(3)14(20-13)15-11-4-6-12(7-5-11)17(18)19/h4-7,10,13H,8-9H2,1-3H3. The fourth-order valence-corrected chi connectivity index (χ4v) is 3.67. The van der Waals surface area contributed by atoms with Gasteiger partial charge < -0.3 is 4.90 Å². The van der Waals surface area contributed by atoms with Crippen LogP contribution in [0.15, 0.2) is 29.3 Å². The molecule has 5 nitrogen and oxygen atoms in total. The Labute approximate surface area is 123 Å². The molecule has 1 unspecified atom stereocenters. The maximum absolute atomic E-state index is 10.6. The molecule has 0 aliphatic carbocycles. The molecule has 1 saturated heterocycles. The number of nitro benzene ring substituents is 1. The van der Waals surface area contributed by atoms with Crippen LogP contribution in [0.25, 0.3) is 0 Å². The van der Waals surface area contributed by atoms with Crippen LogP contribution >= 0.6 is 11.8 Å². The quantitative estimate of drug-likeness (QED) is 0.627. The molecule has 0 spiro atoms. The first-order chi connectivity index (χ1) is 9.45. The molecule has 1 aromatic carbocycles. The van der Waals surface area contributed by atoms with Crippen LogP contribution < -0.4 is 0 Å². The molecule has 0 N–H and O–H groups in total. The first-order valence-corrected chi connectivity index (χ1v) is 7.54. The van der Waals surface area contributed by atoms with Crippen molar-refractivity contribution >= 4 is 28.3 Å². The number of thioether (sulfide) groups is 1. The molecule has 0 aromatic heterocycles. The average Bonchev–Trinajstić information content (AvgIpc) is 2.69. The van der Waals surface area contributed by atoms with Gasteiger partial charge in [-0.15, -0.1) is 0 Å². The van der Waals surface area contributed by atoms with Crippen LogP contribution in [0.2, 0.25) is 0 Å². The molecule has 1 fully saturated rings. The van der Waals surface area contributed by atoms with E-state index in [1.165, 1.54) is 18.6 Å². The number of rotatable bonds is 4. The van der Waals surface area contributed by atoms with Gasteiger partial charge in [0.05, 0.1) is 10.6 Å². The van der Waals surface area contributed by atoms with Crippen molar-refractivity contribution in [2.75, 3.05) is 13.6 Å². The van der Waals surface area contributed by atoms with E-state index in [0.717, 1.165) is 17.4 Å². The van der Waals surface area contributed by atoms with Crippen molar-refractivity contribution in [3.05, 3.63) is 34.4 Å². The van der Waals surface area contributed by atoms with E-state index in [1.807, 2.05) is 7.05 Å². The predicted molar refractivity (Wildman–Crippen MR) is 83.7 cm³/mol. The summed E-state index contributed by atoms with van der Waals surface area (Å²) in [5, 5.41) is 12.2. The van der Waals surface area contributed by atoms with Crippen LogP contribution in [0.1, 0.15) is 20.3 Å². The van der Waals surface area contributed by atoms with Gasteiger partial charge in [-0.05, 0) is 24.5 Å². The summed E-state index contributed by atoms with van der Waals surface area (Å²) in [5.41, 5.74) is 0.856. The van der Waals surface area contributed by atoms with Gasteiger partial charge in [-0.3, -0.25) is 10.1 Å². The number of non-ortho nitro benzene ring substituents is 1. The highest BCUT2D eigenvalue weighted by Crippen LogP contribution is 2.31. The van der Waals surface area contributed by atoms with Gasteiger partial charge in [0, 0.05) is 31.0 Å². The molecule has 1 aliphatic rings. The van der Waals surface area contributed by atoms with Gasteiger partial charge in [-0.25, -0.2) is 4.99 Å². The molecule has 0 radical (unpaired) electrons. The molecule has 1 aliphatic heterocycles. The SMILES string of the molecule is CC(C)CC1CN(C)C(=Nc2ccc([N+](=O)[O-])cc2)S1. The van der Waals surface area contributed by atoms with Crippen LogP contribution in [-0.4, -0.2) is 33.8 Å². The zero-order valence-corrected chi connectivity index (χ0v) is 12.8. The van der Waals surface area contributed by atoms with Crippen LogP contribution in [0.3, 0.4) is 0 Å². The third-order valence-corrected chi connectivity index (χ3v) is 4.38. The summed E-state index contributed by atoms with van der Waals surface area (Å²) in [5.74, 6) is 0.680. The van der Waals surface area contributed by atoms with Gasteiger partial charge in [0.15, 0.2) is 5.17 Å². The second kappa shape index (κ2) is 6.26. The number of hydrogen-bond donors (Lipinski definition) is 0. The molecule has 108 valence electrons. The van der Waals surface area contributed by atoms with Crippen molar-refractivity contribution in [1.82, 2.24) is 4.90 Å². The van der Waals surface area contributed by atoms with Gasteiger partial charge in [0.25, 0.3) is 5.69 Å². The molecular weight excluding hydrogens is 274 g/mol. The number of aliphatic imine (C=N–C) groups is 1. The maximum atomic E-state index is 10.6. The normalized spacial score (nSPS) is 20.9. The lowest BCUT2D eigenvalue weighted by Crippen LogP contribution is -2.20. The minimum atomic E-state index is -0.397. The second-order valence-corrected chi connectivity index (χ2v) is 6.69. The Bertz CT molecular complexity index is 514. The van der Waals surface area contributed by atoms with E-state index in [2.05, 4.69) is 23.7 Å². The Morgan fingerprint density at radius 2 is 2.10 bits per heavy atom. The Balaban J connectivity index is 2.08. The summed E-state index contributed by atoms with van der Waals surface area (Å²) < 4.78 is 0. The molecule has 0 bridgehead atoms. The van der Waals surface area contributed by atoms with E-state index >= 15 is 0 Å². The smallest absolute Gasteiger partial charge is 0.269 e. The first-order valence-electron chi connectivity index (χ1n) is 6.66. The van der Waals surface area contributed by atoms with Gasteiger partial charge in [0.2, 0.25) is 0 Å². The van der Waals surface area contributed by atoms with Crippen LogP contribution in [0.5, 0.6) is 0 Å². The number of nitrogens with zero attached hydrogens (tertiary/aromatic N) is 3. The largest absolute Gasteiger partial charge is 0.353 e. The van der Waals surface area contributed by atoms with Crippen LogP contribution in [-0.2, 0) is 0 Å². The second-order valence-electron chi connectivity index (χ2n) is 5.42. The summed E-state index contributed by atoms with van der Waals surface area (Å²) in [4.78, 5) is 16.9. The Hall–Kier alpha value is -1.56. The first kappa shape index (κ1) is 14.8. The van der Waals surface area contributed by atoms with Gasteiger partial charge in [-0.1, -0.05) is 25.6 Å².